The lowest BCUT2D eigenvalue weighted by Crippen LogP contribution is -2.17. The SMILES string of the molecule is O=C(O)N(Cl)c1ccccc1. The third-order valence-electron chi connectivity index (χ3n) is 1.15. The average Bonchev–Trinajstić information content (AvgIpc) is 2.05. The Morgan fingerprint density at radius 1 is 1.36 bits per heavy atom. The molecular formula is C7H6ClNO2. The van der Waals surface area contributed by atoms with Crippen molar-refractivity contribution in [3.63, 3.8) is 0 Å². The first-order chi connectivity index (χ1) is 5.22. The van der Waals surface area contributed by atoms with Gasteiger partial charge >= 0.3 is 6.09 Å². The monoisotopic (exact) mass is 171 g/mol. The van der Waals surface area contributed by atoms with Crippen LogP contribution in [-0.2, 0) is 0 Å². The molecule has 58 valence electrons. The van der Waals surface area contributed by atoms with Crippen molar-refractivity contribution in [2.24, 2.45) is 0 Å². The molecule has 1 N–H and O–H groups in total. The Kier molecular flexibility index (Phi) is 2.33. The van der Waals surface area contributed by atoms with Gasteiger partial charge in [0.2, 0.25) is 0 Å². The zero-order valence-electron chi connectivity index (χ0n) is 5.57. The molecule has 3 nitrogen and oxygen atoms in total. The van der Waals surface area contributed by atoms with Crippen molar-refractivity contribution in [3.05, 3.63) is 30.3 Å². The lowest BCUT2D eigenvalue weighted by Gasteiger charge is -2.07. The van der Waals surface area contributed by atoms with Gasteiger partial charge in [-0.05, 0) is 12.1 Å². The quantitative estimate of drug-likeness (QED) is 0.659. The van der Waals surface area contributed by atoms with E-state index in [4.69, 9.17) is 16.9 Å². The number of hydrogen-bond acceptors (Lipinski definition) is 1. The van der Waals surface area contributed by atoms with Crippen molar-refractivity contribution in [1.82, 2.24) is 0 Å². The van der Waals surface area contributed by atoms with Crippen molar-refractivity contribution >= 4 is 23.6 Å². The first-order valence-corrected chi connectivity index (χ1v) is 3.29. The summed E-state index contributed by atoms with van der Waals surface area (Å²) in [4.78, 5) is 10.3. The molecule has 1 rings (SSSR count). The fourth-order valence-corrected chi connectivity index (χ4v) is 0.782. The summed E-state index contributed by atoms with van der Waals surface area (Å²) in [7, 11) is 0. The summed E-state index contributed by atoms with van der Waals surface area (Å²) in [6.45, 7) is 0. The summed E-state index contributed by atoms with van der Waals surface area (Å²) in [5.41, 5.74) is 0.446. The van der Waals surface area contributed by atoms with E-state index in [9.17, 15) is 4.79 Å². The highest BCUT2D eigenvalue weighted by Crippen LogP contribution is 2.14. The van der Waals surface area contributed by atoms with Crippen molar-refractivity contribution in [2.45, 2.75) is 0 Å². The molecule has 0 atom stereocenters. The topological polar surface area (TPSA) is 40.5 Å². The van der Waals surface area contributed by atoms with Crippen LogP contribution in [0.1, 0.15) is 0 Å². The maximum Gasteiger partial charge on any atom is 0.426 e. The van der Waals surface area contributed by atoms with Crippen LogP contribution in [0.15, 0.2) is 30.3 Å². The maximum atomic E-state index is 10.3. The average molecular weight is 172 g/mol. The van der Waals surface area contributed by atoms with Crippen molar-refractivity contribution in [2.75, 3.05) is 4.42 Å². The standard InChI is InChI=1S/C7H6ClNO2/c8-9(7(10)11)6-4-2-1-3-5-6/h1-5H,(H,10,11). The minimum atomic E-state index is -1.18. The molecule has 0 bridgehead atoms. The molecule has 4 heteroatoms. The number of nitrogens with zero attached hydrogens (tertiary/aromatic N) is 1. The highest BCUT2D eigenvalue weighted by atomic mass is 35.5. The van der Waals surface area contributed by atoms with Gasteiger partial charge in [-0.3, -0.25) is 0 Å². The van der Waals surface area contributed by atoms with Gasteiger partial charge in [-0.2, -0.15) is 4.42 Å². The number of rotatable bonds is 1. The van der Waals surface area contributed by atoms with E-state index in [1.807, 2.05) is 0 Å². The van der Waals surface area contributed by atoms with Gasteiger partial charge in [0, 0.05) is 11.8 Å². The van der Waals surface area contributed by atoms with Gasteiger partial charge < -0.3 is 5.11 Å². The zero-order chi connectivity index (χ0) is 8.27. The van der Waals surface area contributed by atoms with E-state index in [1.54, 1.807) is 30.3 Å². The number of hydrogen-bond donors (Lipinski definition) is 1. The van der Waals surface area contributed by atoms with Crippen LogP contribution < -0.4 is 4.42 Å². The Bertz CT molecular complexity index is 250. The van der Waals surface area contributed by atoms with Gasteiger partial charge in [0.15, 0.2) is 0 Å². The summed E-state index contributed by atoms with van der Waals surface area (Å²) < 4.78 is 0.639. The Morgan fingerprint density at radius 3 is 2.36 bits per heavy atom. The first-order valence-electron chi connectivity index (χ1n) is 2.95. The third-order valence-corrected chi connectivity index (χ3v) is 1.49. The Labute approximate surface area is 68.9 Å². The predicted octanol–water partition coefficient (Wildman–Crippen LogP) is 2.32. The van der Waals surface area contributed by atoms with Crippen LogP contribution in [0.3, 0.4) is 0 Å². The maximum absolute atomic E-state index is 10.3. The fraction of sp³-hybridized carbons (Fsp3) is 0. The molecule has 0 fully saturated rings. The molecule has 1 aromatic rings. The number of carbonyl (C=O) groups is 1. The predicted molar refractivity (Wildman–Crippen MR) is 42.8 cm³/mol. The van der Waals surface area contributed by atoms with Crippen LogP contribution in [0.4, 0.5) is 10.5 Å². The van der Waals surface area contributed by atoms with E-state index in [-0.39, 0.29) is 0 Å². The van der Waals surface area contributed by atoms with Crippen LogP contribution in [-0.4, -0.2) is 11.2 Å². The molecule has 11 heavy (non-hydrogen) atoms. The second kappa shape index (κ2) is 3.25. The summed E-state index contributed by atoms with van der Waals surface area (Å²) >= 11 is 5.37. The fourth-order valence-electron chi connectivity index (χ4n) is 0.669. The van der Waals surface area contributed by atoms with E-state index in [0.717, 1.165) is 0 Å². The number of para-hydroxylation sites is 1. The molecule has 0 aliphatic rings. The third kappa shape index (κ3) is 1.85. The van der Waals surface area contributed by atoms with Crippen LogP contribution in [0, 0.1) is 0 Å². The number of benzene rings is 1. The van der Waals surface area contributed by atoms with E-state index in [1.165, 1.54) is 0 Å². The molecule has 1 aromatic carbocycles. The van der Waals surface area contributed by atoms with Crippen LogP contribution >= 0.6 is 11.8 Å². The van der Waals surface area contributed by atoms with E-state index in [0.29, 0.717) is 10.1 Å². The second-order valence-corrected chi connectivity index (χ2v) is 2.24. The van der Waals surface area contributed by atoms with E-state index < -0.39 is 6.09 Å². The molecule has 0 unspecified atom stereocenters. The molecule has 0 saturated carbocycles. The van der Waals surface area contributed by atoms with Gasteiger partial charge in [0.1, 0.15) is 0 Å². The summed E-state index contributed by atoms with van der Waals surface area (Å²) in [6.07, 6.45) is -1.18. The van der Waals surface area contributed by atoms with Gasteiger partial charge in [-0.15, -0.1) is 0 Å². The normalized spacial score (nSPS) is 9.18. The minimum Gasteiger partial charge on any atom is -0.464 e. The van der Waals surface area contributed by atoms with Crippen LogP contribution in [0.25, 0.3) is 0 Å². The Morgan fingerprint density at radius 2 is 1.91 bits per heavy atom. The minimum absolute atomic E-state index is 0.446. The highest BCUT2D eigenvalue weighted by Gasteiger charge is 2.08. The zero-order valence-corrected chi connectivity index (χ0v) is 6.32. The lowest BCUT2D eigenvalue weighted by atomic mass is 10.3. The van der Waals surface area contributed by atoms with Crippen molar-refractivity contribution in [3.8, 4) is 0 Å². The van der Waals surface area contributed by atoms with Crippen LogP contribution in [0.2, 0.25) is 0 Å². The molecular weight excluding hydrogens is 166 g/mol. The largest absolute Gasteiger partial charge is 0.464 e. The molecule has 0 heterocycles. The van der Waals surface area contributed by atoms with Crippen molar-refractivity contribution in [1.29, 1.82) is 0 Å². The molecule has 0 aromatic heterocycles. The van der Waals surface area contributed by atoms with Gasteiger partial charge in [-0.1, -0.05) is 18.2 Å². The van der Waals surface area contributed by atoms with Gasteiger partial charge in [-0.25, -0.2) is 4.79 Å². The summed E-state index contributed by atoms with van der Waals surface area (Å²) in [6, 6.07) is 8.44. The van der Waals surface area contributed by atoms with Gasteiger partial charge in [0.25, 0.3) is 0 Å². The molecule has 0 aliphatic heterocycles. The second-order valence-electron chi connectivity index (χ2n) is 1.90. The molecule has 0 saturated heterocycles. The molecule has 0 aliphatic carbocycles. The highest BCUT2D eigenvalue weighted by molar-refractivity contribution is 6.35. The molecule has 1 amide bonds. The van der Waals surface area contributed by atoms with Crippen LogP contribution in [0.5, 0.6) is 0 Å². The summed E-state index contributed by atoms with van der Waals surface area (Å²) in [5.74, 6) is 0. The summed E-state index contributed by atoms with van der Waals surface area (Å²) in [5, 5.41) is 8.43. The molecule has 0 spiro atoms. The smallest absolute Gasteiger partial charge is 0.426 e. The van der Waals surface area contributed by atoms with Crippen molar-refractivity contribution < 1.29 is 9.90 Å². The Balaban J connectivity index is 2.85. The number of amides is 1. The number of halogens is 1. The first kappa shape index (κ1) is 7.88. The van der Waals surface area contributed by atoms with E-state index >= 15 is 0 Å². The lowest BCUT2D eigenvalue weighted by molar-refractivity contribution is 0.206. The van der Waals surface area contributed by atoms with Gasteiger partial charge in [0.05, 0.1) is 5.69 Å². The number of anilines is 1. The van der Waals surface area contributed by atoms with E-state index in [2.05, 4.69) is 0 Å². The molecule has 0 radical (unpaired) electrons. The number of carboxylic acid groups (broad SMARTS) is 1. The Hall–Kier alpha value is -1.22.